The molecule has 0 aromatic heterocycles. The normalized spacial score (nSPS) is 42.3. The van der Waals surface area contributed by atoms with Gasteiger partial charge in [0.1, 0.15) is 0 Å². The number of aliphatic hydroxyl groups excluding tert-OH is 1. The maximum atomic E-state index is 13.1. The van der Waals surface area contributed by atoms with E-state index in [0.717, 1.165) is 30.6 Å². The Bertz CT molecular complexity index is 983. The molecule has 0 aliphatic heterocycles. The molecule has 3 saturated carbocycles. The minimum atomic E-state index is -3.25. The smallest absolute Gasteiger partial charge is 0.178 e. The fraction of sp³-hybridized carbons (Fsp3) is 0.714. The van der Waals surface area contributed by atoms with Gasteiger partial charge in [-0.1, -0.05) is 39.0 Å². The third-order valence-corrected chi connectivity index (χ3v) is 12.6. The fourth-order valence-electron chi connectivity index (χ4n) is 9.02. The van der Waals surface area contributed by atoms with Gasteiger partial charge in [-0.3, -0.25) is 0 Å². The van der Waals surface area contributed by atoms with Gasteiger partial charge in [0.05, 0.1) is 16.4 Å². The molecule has 0 bridgehead atoms. The zero-order valence-electron chi connectivity index (χ0n) is 20.0. The summed E-state index contributed by atoms with van der Waals surface area (Å²) in [4.78, 5) is 0.468. The predicted molar refractivity (Wildman–Crippen MR) is 129 cm³/mol. The van der Waals surface area contributed by atoms with Gasteiger partial charge in [0.15, 0.2) is 9.84 Å². The number of fused-ring (bicyclic) bond motifs is 5. The third-order valence-electron chi connectivity index (χ3n) is 10.6. The highest BCUT2D eigenvalue weighted by molar-refractivity contribution is 7.91. The summed E-state index contributed by atoms with van der Waals surface area (Å²) in [5, 5.41) is 10.1. The van der Waals surface area contributed by atoms with Gasteiger partial charge in [0, 0.05) is 6.42 Å². The average Bonchev–Trinajstić information content (AvgIpc) is 3.12. The lowest BCUT2D eigenvalue weighted by atomic mass is 9.45. The van der Waals surface area contributed by atoms with E-state index in [1.165, 1.54) is 38.5 Å². The Labute approximate surface area is 194 Å². The van der Waals surface area contributed by atoms with Crippen molar-refractivity contribution in [2.24, 2.45) is 46.3 Å². The number of aliphatic hydroxyl groups is 1. The first-order valence-corrected chi connectivity index (χ1v) is 14.5. The van der Waals surface area contributed by atoms with Crippen LogP contribution in [0.5, 0.6) is 0 Å². The monoisotopic (exact) mass is 456 g/mol. The molecule has 8 atom stereocenters. The van der Waals surface area contributed by atoms with Crippen LogP contribution in [0.15, 0.2) is 47.1 Å². The Balaban J connectivity index is 1.35. The van der Waals surface area contributed by atoms with Crippen LogP contribution < -0.4 is 0 Å². The lowest BCUT2D eigenvalue weighted by Crippen LogP contribution is -2.53. The van der Waals surface area contributed by atoms with Crippen LogP contribution in [0.2, 0.25) is 0 Å². The molecule has 1 N–H and O–H groups in total. The summed E-state index contributed by atoms with van der Waals surface area (Å²) >= 11 is 0. The first-order chi connectivity index (χ1) is 15.1. The quantitative estimate of drug-likeness (QED) is 0.541. The average molecular weight is 457 g/mol. The van der Waals surface area contributed by atoms with E-state index in [9.17, 15) is 13.5 Å². The minimum absolute atomic E-state index is 0.188. The topological polar surface area (TPSA) is 54.4 Å². The molecule has 4 aliphatic rings. The first-order valence-electron chi connectivity index (χ1n) is 12.8. The molecule has 176 valence electrons. The van der Waals surface area contributed by atoms with Crippen LogP contribution in [-0.4, -0.2) is 19.3 Å². The molecular formula is C28H40O3S. The van der Waals surface area contributed by atoms with Crippen molar-refractivity contribution in [3.8, 4) is 0 Å². The Morgan fingerprint density at radius 1 is 1.00 bits per heavy atom. The number of hydrogen-bond acceptors (Lipinski definition) is 3. The van der Waals surface area contributed by atoms with Gasteiger partial charge >= 0.3 is 0 Å². The van der Waals surface area contributed by atoms with Crippen LogP contribution in [-0.2, 0) is 9.84 Å². The molecule has 4 heteroatoms. The second-order valence-corrected chi connectivity index (χ2v) is 14.1. The number of allylic oxidation sites excluding steroid dienone is 2. The van der Waals surface area contributed by atoms with Crippen molar-refractivity contribution in [1.29, 1.82) is 0 Å². The minimum Gasteiger partial charge on any atom is -0.513 e. The van der Waals surface area contributed by atoms with Crippen molar-refractivity contribution < 1.29 is 13.5 Å². The molecule has 32 heavy (non-hydrogen) atoms. The molecule has 4 aliphatic carbocycles. The fourth-order valence-corrected chi connectivity index (χ4v) is 10.7. The van der Waals surface area contributed by atoms with Crippen molar-refractivity contribution in [3.63, 3.8) is 0 Å². The lowest BCUT2D eigenvalue weighted by Gasteiger charge is -2.60. The number of benzene rings is 1. The molecule has 1 aromatic rings. The van der Waals surface area contributed by atoms with E-state index in [1.807, 2.05) is 18.2 Å². The van der Waals surface area contributed by atoms with Gasteiger partial charge in [-0.05, 0) is 109 Å². The standard InChI is InChI=1S/C28H40O3S/c1-19(18-32(30,31)22-7-5-4-6-8-22)24-11-12-25-23-10-9-20-17-21(29)13-15-27(20,2)26(23)14-16-28(24,25)3/h4-8,13,19-20,23-26,29H,9-12,14-18H2,1-3H3/t19-,20?,23?,24-,25?,26?,27+,28-/m1/s1. The van der Waals surface area contributed by atoms with Crippen molar-refractivity contribution in [3.05, 3.63) is 42.2 Å². The maximum Gasteiger partial charge on any atom is 0.178 e. The van der Waals surface area contributed by atoms with Crippen LogP contribution in [0.3, 0.4) is 0 Å². The second kappa shape index (κ2) is 7.89. The zero-order valence-corrected chi connectivity index (χ0v) is 20.8. The van der Waals surface area contributed by atoms with E-state index in [1.54, 1.807) is 12.1 Å². The van der Waals surface area contributed by atoms with E-state index < -0.39 is 9.84 Å². The summed E-state index contributed by atoms with van der Waals surface area (Å²) in [5.41, 5.74) is 0.597. The summed E-state index contributed by atoms with van der Waals surface area (Å²) in [6.45, 7) is 7.19. The van der Waals surface area contributed by atoms with Gasteiger partial charge in [-0.15, -0.1) is 0 Å². The third kappa shape index (κ3) is 3.47. The highest BCUT2D eigenvalue weighted by atomic mass is 32.2. The van der Waals surface area contributed by atoms with Crippen molar-refractivity contribution >= 4 is 9.84 Å². The van der Waals surface area contributed by atoms with E-state index >= 15 is 0 Å². The molecule has 0 saturated heterocycles. The Hall–Kier alpha value is -1.29. The largest absolute Gasteiger partial charge is 0.513 e. The molecule has 0 heterocycles. The summed E-state index contributed by atoms with van der Waals surface area (Å²) < 4.78 is 26.2. The lowest BCUT2D eigenvalue weighted by molar-refractivity contribution is -0.103. The van der Waals surface area contributed by atoms with Gasteiger partial charge in [0.25, 0.3) is 0 Å². The van der Waals surface area contributed by atoms with Crippen LogP contribution in [0.25, 0.3) is 0 Å². The number of hydrogen-bond donors (Lipinski definition) is 1. The van der Waals surface area contributed by atoms with E-state index in [0.29, 0.717) is 27.9 Å². The molecule has 3 fully saturated rings. The molecule has 5 rings (SSSR count). The molecule has 3 nitrogen and oxygen atoms in total. The molecule has 0 spiro atoms. The maximum absolute atomic E-state index is 13.1. The van der Waals surface area contributed by atoms with Crippen molar-refractivity contribution in [2.45, 2.75) is 77.0 Å². The molecule has 0 amide bonds. The van der Waals surface area contributed by atoms with Gasteiger partial charge < -0.3 is 5.11 Å². The number of sulfone groups is 1. The second-order valence-electron chi connectivity index (χ2n) is 12.1. The Morgan fingerprint density at radius 2 is 1.72 bits per heavy atom. The van der Waals surface area contributed by atoms with Crippen LogP contribution >= 0.6 is 0 Å². The summed E-state index contributed by atoms with van der Waals surface area (Å²) in [6, 6.07) is 9.00. The SMILES string of the molecule is C[C@H](CS(=O)(=O)c1ccccc1)[C@H]1CCC2C3CCC4CC(O)=CC[C@]4(C)C3CC[C@@]21C. The highest BCUT2D eigenvalue weighted by Gasteiger charge is 2.60. The van der Waals surface area contributed by atoms with E-state index in [2.05, 4.69) is 26.8 Å². The van der Waals surface area contributed by atoms with Crippen molar-refractivity contribution in [2.75, 3.05) is 5.75 Å². The van der Waals surface area contributed by atoms with E-state index in [4.69, 9.17) is 0 Å². The Morgan fingerprint density at radius 3 is 2.47 bits per heavy atom. The summed E-state index contributed by atoms with van der Waals surface area (Å²) in [7, 11) is -3.25. The molecule has 4 unspecified atom stereocenters. The molecule has 1 aromatic carbocycles. The molecular weight excluding hydrogens is 416 g/mol. The number of rotatable bonds is 4. The van der Waals surface area contributed by atoms with Crippen LogP contribution in [0.1, 0.15) is 72.1 Å². The zero-order chi connectivity index (χ0) is 22.7. The van der Waals surface area contributed by atoms with Crippen molar-refractivity contribution in [1.82, 2.24) is 0 Å². The first kappa shape index (κ1) is 22.5. The van der Waals surface area contributed by atoms with E-state index in [-0.39, 0.29) is 17.1 Å². The summed E-state index contributed by atoms with van der Waals surface area (Å²) in [5.74, 6) is 4.44. The molecule has 0 radical (unpaired) electrons. The van der Waals surface area contributed by atoms with Crippen LogP contribution in [0.4, 0.5) is 0 Å². The predicted octanol–water partition coefficient (Wildman–Crippen LogP) is 6.81. The van der Waals surface area contributed by atoms with Gasteiger partial charge in [0.2, 0.25) is 0 Å². The highest BCUT2D eigenvalue weighted by Crippen LogP contribution is 2.68. The Kier molecular flexibility index (Phi) is 5.55. The van der Waals surface area contributed by atoms with Crippen LogP contribution in [0, 0.1) is 46.3 Å². The summed E-state index contributed by atoms with van der Waals surface area (Å²) in [6.07, 6.45) is 11.5. The van der Waals surface area contributed by atoms with Gasteiger partial charge in [-0.25, -0.2) is 8.42 Å². The van der Waals surface area contributed by atoms with Gasteiger partial charge in [-0.2, -0.15) is 0 Å².